The molecule has 0 aromatic heterocycles. The van der Waals surface area contributed by atoms with Gasteiger partial charge in [0.1, 0.15) is 6.10 Å². The van der Waals surface area contributed by atoms with Crippen molar-refractivity contribution in [2.45, 2.75) is 193 Å². The molecule has 0 aromatic rings. The van der Waals surface area contributed by atoms with Crippen molar-refractivity contribution >= 4 is 5.97 Å². The maximum absolute atomic E-state index is 12.2. The van der Waals surface area contributed by atoms with Gasteiger partial charge in [-0.25, -0.2) is 0 Å². The summed E-state index contributed by atoms with van der Waals surface area (Å²) >= 11 is 0. The fraction of sp³-hybridized carbons (Fsp3) is 0.688. The van der Waals surface area contributed by atoms with Crippen LogP contribution >= 0.6 is 0 Å². The average molecular weight is 723 g/mol. The van der Waals surface area contributed by atoms with Crippen LogP contribution in [-0.2, 0) is 14.3 Å². The van der Waals surface area contributed by atoms with Crippen molar-refractivity contribution in [1.82, 2.24) is 0 Å². The lowest BCUT2D eigenvalue weighted by molar-refractivity contribution is -0.154. The summed E-state index contributed by atoms with van der Waals surface area (Å²) in [4.78, 5) is 12.2. The van der Waals surface area contributed by atoms with E-state index in [0.29, 0.717) is 13.0 Å². The van der Waals surface area contributed by atoms with Crippen molar-refractivity contribution < 1.29 is 19.4 Å². The fourth-order valence-corrected chi connectivity index (χ4v) is 5.74. The molecule has 4 nitrogen and oxygen atoms in total. The molecular weight excluding hydrogens is 641 g/mol. The molecule has 298 valence electrons. The van der Waals surface area contributed by atoms with E-state index in [-0.39, 0.29) is 19.2 Å². The quantitative estimate of drug-likeness (QED) is 0.0390. The monoisotopic (exact) mass is 723 g/mol. The molecule has 1 atom stereocenters. The molecule has 0 saturated carbocycles. The van der Waals surface area contributed by atoms with E-state index in [9.17, 15) is 9.90 Å². The van der Waals surface area contributed by atoms with E-state index in [2.05, 4.69) is 98.9 Å². The molecule has 0 aliphatic carbocycles. The molecule has 0 fully saturated rings. The lowest BCUT2D eigenvalue weighted by Gasteiger charge is -2.15. The van der Waals surface area contributed by atoms with Crippen molar-refractivity contribution in [3.63, 3.8) is 0 Å². The largest absolute Gasteiger partial charge is 0.457 e. The van der Waals surface area contributed by atoms with Gasteiger partial charge in [-0.1, -0.05) is 176 Å². The second kappa shape index (κ2) is 44.7. The molecule has 4 heteroatoms. The number of carbonyl (C=O) groups excluding carboxylic acids is 1. The Kier molecular flexibility index (Phi) is 42.6. The molecule has 1 N–H and O–H groups in total. The zero-order chi connectivity index (χ0) is 37.7. The van der Waals surface area contributed by atoms with Gasteiger partial charge in [0.05, 0.1) is 13.2 Å². The molecule has 0 radical (unpaired) electrons. The number of allylic oxidation sites excluding steroid dienone is 14. The molecule has 0 aromatic carbocycles. The van der Waals surface area contributed by atoms with Crippen LogP contribution in [0.15, 0.2) is 85.1 Å². The SMILES string of the molecule is CC/C=C\C/C=C\C/C=C\C/C=C\C/C=C\C/C=C\CCCCC(=O)OC(CO)COCCCCCCCCCC/C=C\CCCCCCCCC. The maximum atomic E-state index is 12.2. The van der Waals surface area contributed by atoms with Crippen LogP contribution in [0.2, 0.25) is 0 Å². The Balaban J connectivity index is 3.56. The number of aliphatic hydroxyl groups is 1. The molecular formula is C48H82O4. The summed E-state index contributed by atoms with van der Waals surface area (Å²) < 4.78 is 11.1. The van der Waals surface area contributed by atoms with E-state index >= 15 is 0 Å². The minimum absolute atomic E-state index is 0.195. The summed E-state index contributed by atoms with van der Waals surface area (Å²) in [5.74, 6) is -0.245. The number of hydrogen-bond acceptors (Lipinski definition) is 4. The Morgan fingerprint density at radius 2 is 0.865 bits per heavy atom. The maximum Gasteiger partial charge on any atom is 0.306 e. The van der Waals surface area contributed by atoms with E-state index < -0.39 is 6.10 Å². The Morgan fingerprint density at radius 1 is 0.481 bits per heavy atom. The van der Waals surface area contributed by atoms with Gasteiger partial charge >= 0.3 is 5.97 Å². The fourth-order valence-electron chi connectivity index (χ4n) is 5.74. The molecule has 0 rings (SSSR count). The Hall–Kier alpha value is -2.43. The normalized spacial score (nSPS) is 13.2. The van der Waals surface area contributed by atoms with Gasteiger partial charge in [0, 0.05) is 13.0 Å². The molecule has 0 bridgehead atoms. The van der Waals surface area contributed by atoms with Crippen LogP contribution in [0.25, 0.3) is 0 Å². The third kappa shape index (κ3) is 42.0. The predicted octanol–water partition coefficient (Wildman–Crippen LogP) is 14.4. The lowest BCUT2D eigenvalue weighted by Crippen LogP contribution is -2.27. The summed E-state index contributed by atoms with van der Waals surface area (Å²) in [6.07, 6.45) is 62.1. The highest BCUT2D eigenvalue weighted by Gasteiger charge is 2.13. The number of ether oxygens (including phenoxy) is 2. The van der Waals surface area contributed by atoms with E-state index in [1.807, 2.05) is 0 Å². The highest BCUT2D eigenvalue weighted by atomic mass is 16.6. The third-order valence-electron chi connectivity index (χ3n) is 8.95. The first-order chi connectivity index (χ1) is 25.7. The highest BCUT2D eigenvalue weighted by Crippen LogP contribution is 2.12. The van der Waals surface area contributed by atoms with Gasteiger partial charge in [-0.15, -0.1) is 0 Å². The minimum Gasteiger partial charge on any atom is -0.457 e. The number of hydrogen-bond donors (Lipinski definition) is 1. The molecule has 52 heavy (non-hydrogen) atoms. The predicted molar refractivity (Wildman–Crippen MR) is 228 cm³/mol. The average Bonchev–Trinajstić information content (AvgIpc) is 3.15. The van der Waals surface area contributed by atoms with Crippen molar-refractivity contribution in [1.29, 1.82) is 0 Å². The van der Waals surface area contributed by atoms with Gasteiger partial charge in [-0.05, 0) is 89.9 Å². The van der Waals surface area contributed by atoms with Crippen LogP contribution < -0.4 is 0 Å². The summed E-state index contributed by atoms with van der Waals surface area (Å²) in [5, 5.41) is 9.60. The topological polar surface area (TPSA) is 55.8 Å². The van der Waals surface area contributed by atoms with Gasteiger partial charge in [0.2, 0.25) is 0 Å². The first-order valence-electron chi connectivity index (χ1n) is 21.7. The number of carbonyl (C=O) groups is 1. The zero-order valence-electron chi connectivity index (χ0n) is 34.0. The summed E-state index contributed by atoms with van der Waals surface area (Å²) in [6, 6.07) is 0. The van der Waals surface area contributed by atoms with Crippen molar-refractivity contribution in [3.05, 3.63) is 85.1 Å². The summed E-state index contributed by atoms with van der Waals surface area (Å²) in [5.41, 5.74) is 0. The van der Waals surface area contributed by atoms with Gasteiger partial charge in [-0.3, -0.25) is 4.79 Å². The first-order valence-corrected chi connectivity index (χ1v) is 21.7. The van der Waals surface area contributed by atoms with Crippen LogP contribution in [-0.4, -0.2) is 37.0 Å². The summed E-state index contributed by atoms with van der Waals surface area (Å²) in [7, 11) is 0. The minimum atomic E-state index is -0.564. The van der Waals surface area contributed by atoms with Gasteiger partial charge in [0.15, 0.2) is 0 Å². The highest BCUT2D eigenvalue weighted by molar-refractivity contribution is 5.69. The Morgan fingerprint density at radius 3 is 1.33 bits per heavy atom. The molecule has 0 aliphatic heterocycles. The standard InChI is InChI=1S/C48H82O4/c1-3-5-7-9-11-13-15-17-19-21-23-24-25-27-29-31-33-35-37-39-41-43-48(50)52-47(45-49)46-51-44-42-40-38-36-34-32-30-28-26-22-20-18-16-14-12-10-8-6-4-2/h5,7,11,13,17,19-20,22-24,27,29,33,35,47,49H,3-4,6,8-10,12,14-16,18,21,25-26,28,30-32,34,36-46H2,1-2H3/b7-5-,13-11-,19-17-,22-20-,24-23-,29-27-,35-33-. The van der Waals surface area contributed by atoms with Crippen LogP contribution in [0.4, 0.5) is 0 Å². The molecule has 0 saturated heterocycles. The van der Waals surface area contributed by atoms with Crippen LogP contribution in [0, 0.1) is 0 Å². The Bertz CT molecular complexity index is 938. The first kappa shape index (κ1) is 49.6. The van der Waals surface area contributed by atoms with Crippen LogP contribution in [0.5, 0.6) is 0 Å². The molecule has 0 spiro atoms. The second-order valence-corrected chi connectivity index (χ2v) is 14.0. The van der Waals surface area contributed by atoms with E-state index in [1.54, 1.807) is 0 Å². The second-order valence-electron chi connectivity index (χ2n) is 14.0. The van der Waals surface area contributed by atoms with Crippen LogP contribution in [0.1, 0.15) is 187 Å². The van der Waals surface area contributed by atoms with Crippen LogP contribution in [0.3, 0.4) is 0 Å². The molecule has 0 amide bonds. The van der Waals surface area contributed by atoms with Gasteiger partial charge in [0.25, 0.3) is 0 Å². The smallest absolute Gasteiger partial charge is 0.306 e. The number of esters is 1. The third-order valence-corrected chi connectivity index (χ3v) is 8.95. The molecule has 0 aliphatic rings. The van der Waals surface area contributed by atoms with Crippen molar-refractivity contribution in [2.24, 2.45) is 0 Å². The van der Waals surface area contributed by atoms with Gasteiger partial charge < -0.3 is 14.6 Å². The van der Waals surface area contributed by atoms with E-state index in [1.165, 1.54) is 103 Å². The molecule has 1 unspecified atom stereocenters. The van der Waals surface area contributed by atoms with E-state index in [4.69, 9.17) is 9.47 Å². The lowest BCUT2D eigenvalue weighted by atomic mass is 10.1. The number of rotatable bonds is 39. The van der Waals surface area contributed by atoms with Crippen molar-refractivity contribution in [3.8, 4) is 0 Å². The Labute approximate surface area is 322 Å². The summed E-state index contributed by atoms with van der Waals surface area (Å²) in [6.45, 7) is 5.17. The van der Waals surface area contributed by atoms with Gasteiger partial charge in [-0.2, -0.15) is 0 Å². The zero-order valence-corrected chi connectivity index (χ0v) is 34.0. The number of aliphatic hydroxyl groups excluding tert-OH is 1. The number of unbranched alkanes of at least 4 members (excludes halogenated alkanes) is 17. The van der Waals surface area contributed by atoms with Crippen molar-refractivity contribution in [2.75, 3.05) is 19.8 Å². The molecule has 0 heterocycles. The van der Waals surface area contributed by atoms with E-state index in [0.717, 1.165) is 64.2 Å².